The van der Waals surface area contributed by atoms with E-state index in [9.17, 15) is 9.59 Å². The van der Waals surface area contributed by atoms with Gasteiger partial charge in [-0.3, -0.25) is 9.59 Å². The third-order valence-corrected chi connectivity index (χ3v) is 5.29. The summed E-state index contributed by atoms with van der Waals surface area (Å²) in [5.74, 6) is 0.852. The highest BCUT2D eigenvalue weighted by molar-refractivity contribution is 6.05. The van der Waals surface area contributed by atoms with Crippen molar-refractivity contribution in [2.75, 3.05) is 17.2 Å². The molecule has 7 heteroatoms. The van der Waals surface area contributed by atoms with Crippen molar-refractivity contribution in [3.63, 3.8) is 0 Å². The first-order valence-corrected chi connectivity index (χ1v) is 9.50. The Hall–Kier alpha value is -3.22. The molecule has 2 aromatic rings. The number of ether oxygens (including phenoxy) is 3. The fourth-order valence-corrected chi connectivity index (χ4v) is 3.89. The lowest BCUT2D eigenvalue weighted by Gasteiger charge is -2.31. The van der Waals surface area contributed by atoms with Crippen LogP contribution in [0.1, 0.15) is 42.5 Å². The van der Waals surface area contributed by atoms with Gasteiger partial charge >= 0.3 is 0 Å². The minimum absolute atomic E-state index is 0.0536. The smallest absolute Gasteiger partial charge is 0.262 e. The fourth-order valence-electron chi connectivity index (χ4n) is 3.89. The summed E-state index contributed by atoms with van der Waals surface area (Å²) >= 11 is 0. The van der Waals surface area contributed by atoms with Crippen molar-refractivity contribution >= 4 is 23.2 Å². The number of amides is 2. The molecule has 0 saturated heterocycles. The van der Waals surface area contributed by atoms with E-state index in [0.717, 1.165) is 31.4 Å². The molecule has 5 rings (SSSR count). The number of hydrogen-bond donors (Lipinski definition) is 2. The van der Waals surface area contributed by atoms with Crippen LogP contribution in [-0.2, 0) is 4.79 Å². The molecule has 2 amide bonds. The zero-order valence-corrected chi connectivity index (χ0v) is 15.2. The van der Waals surface area contributed by atoms with Crippen molar-refractivity contribution in [1.82, 2.24) is 0 Å². The van der Waals surface area contributed by atoms with Crippen LogP contribution in [0, 0.1) is 0 Å². The molecular formula is C21H20N2O5. The number of nitrogens with one attached hydrogen (secondary N) is 2. The van der Waals surface area contributed by atoms with E-state index < -0.39 is 5.79 Å². The molecule has 3 aliphatic rings. The lowest BCUT2D eigenvalue weighted by Crippen LogP contribution is -2.40. The zero-order chi connectivity index (χ0) is 19.1. The van der Waals surface area contributed by atoms with Crippen molar-refractivity contribution in [3.05, 3.63) is 42.0 Å². The minimum atomic E-state index is -0.538. The maximum absolute atomic E-state index is 12.6. The number of benzene rings is 2. The first-order valence-electron chi connectivity index (χ1n) is 9.50. The third-order valence-electron chi connectivity index (χ3n) is 5.29. The SMILES string of the molecule is O=C1COc2cc(C(=O)Nc3ccc4c(c3)OC3(CCCCC3)O4)ccc2N1. The molecule has 28 heavy (non-hydrogen) atoms. The van der Waals surface area contributed by atoms with Gasteiger partial charge in [0.05, 0.1) is 5.69 Å². The van der Waals surface area contributed by atoms with E-state index in [1.54, 1.807) is 30.3 Å². The van der Waals surface area contributed by atoms with Gasteiger partial charge in [-0.05, 0) is 43.2 Å². The summed E-state index contributed by atoms with van der Waals surface area (Å²) in [6, 6.07) is 10.4. The summed E-state index contributed by atoms with van der Waals surface area (Å²) < 4.78 is 17.6. The van der Waals surface area contributed by atoms with E-state index in [0.29, 0.717) is 28.4 Å². The number of hydrogen-bond acceptors (Lipinski definition) is 5. The van der Waals surface area contributed by atoms with Crippen molar-refractivity contribution in [3.8, 4) is 17.2 Å². The molecule has 1 aliphatic carbocycles. The molecule has 2 aromatic carbocycles. The Balaban J connectivity index is 1.32. The van der Waals surface area contributed by atoms with Gasteiger partial charge in [0.25, 0.3) is 17.6 Å². The van der Waals surface area contributed by atoms with Gasteiger partial charge in [0.15, 0.2) is 18.1 Å². The second-order valence-electron chi connectivity index (χ2n) is 7.34. The van der Waals surface area contributed by atoms with E-state index in [-0.39, 0.29) is 18.4 Å². The highest BCUT2D eigenvalue weighted by Crippen LogP contribution is 2.46. The quantitative estimate of drug-likeness (QED) is 0.830. The molecule has 0 atom stereocenters. The van der Waals surface area contributed by atoms with E-state index >= 15 is 0 Å². The van der Waals surface area contributed by atoms with Crippen LogP contribution in [0.4, 0.5) is 11.4 Å². The van der Waals surface area contributed by atoms with E-state index in [4.69, 9.17) is 14.2 Å². The van der Waals surface area contributed by atoms with Gasteiger partial charge in [-0.25, -0.2) is 0 Å². The average Bonchev–Trinajstić information content (AvgIpc) is 3.04. The molecule has 2 N–H and O–H groups in total. The summed E-state index contributed by atoms with van der Waals surface area (Å²) in [5, 5.41) is 5.58. The van der Waals surface area contributed by atoms with Crippen LogP contribution >= 0.6 is 0 Å². The highest BCUT2D eigenvalue weighted by Gasteiger charge is 2.42. The van der Waals surface area contributed by atoms with E-state index in [1.165, 1.54) is 6.42 Å². The molecule has 0 unspecified atom stereocenters. The number of anilines is 2. The number of fused-ring (bicyclic) bond motifs is 2. The van der Waals surface area contributed by atoms with Gasteiger partial charge in [0.1, 0.15) is 5.75 Å². The molecule has 0 radical (unpaired) electrons. The summed E-state index contributed by atoms with van der Waals surface area (Å²) in [6.07, 6.45) is 5.17. The Labute approximate surface area is 162 Å². The summed E-state index contributed by atoms with van der Waals surface area (Å²) in [6.45, 7) is -0.0536. The highest BCUT2D eigenvalue weighted by atomic mass is 16.7. The first-order chi connectivity index (χ1) is 13.6. The van der Waals surface area contributed by atoms with Gasteiger partial charge in [-0.15, -0.1) is 0 Å². The molecular weight excluding hydrogens is 360 g/mol. The van der Waals surface area contributed by atoms with Crippen molar-refractivity contribution < 1.29 is 23.8 Å². The zero-order valence-electron chi connectivity index (χ0n) is 15.2. The van der Waals surface area contributed by atoms with Crippen molar-refractivity contribution in [1.29, 1.82) is 0 Å². The van der Waals surface area contributed by atoms with Crippen molar-refractivity contribution in [2.24, 2.45) is 0 Å². The van der Waals surface area contributed by atoms with Crippen LogP contribution in [0.15, 0.2) is 36.4 Å². The predicted molar refractivity (Wildman–Crippen MR) is 102 cm³/mol. The third kappa shape index (κ3) is 3.02. The molecule has 0 aromatic heterocycles. The Morgan fingerprint density at radius 1 is 0.964 bits per heavy atom. The standard InChI is InChI=1S/C21H20N2O5/c24-19-12-26-17-10-13(4-6-15(17)23-19)20(25)22-14-5-7-16-18(11-14)28-21(27-16)8-2-1-3-9-21/h4-7,10-11H,1-3,8-9,12H2,(H,22,25)(H,23,24). The second-order valence-corrected chi connectivity index (χ2v) is 7.34. The monoisotopic (exact) mass is 380 g/mol. The Morgan fingerprint density at radius 3 is 2.64 bits per heavy atom. The van der Waals surface area contributed by atoms with Crippen LogP contribution in [0.5, 0.6) is 17.2 Å². The Bertz CT molecular complexity index is 965. The molecule has 2 aliphatic heterocycles. The lowest BCUT2D eigenvalue weighted by atomic mass is 9.94. The molecule has 2 heterocycles. The number of carbonyl (C=O) groups excluding carboxylic acids is 2. The molecule has 0 bridgehead atoms. The van der Waals surface area contributed by atoms with E-state index in [2.05, 4.69) is 10.6 Å². The topological polar surface area (TPSA) is 85.9 Å². The van der Waals surface area contributed by atoms with Crippen LogP contribution in [0.2, 0.25) is 0 Å². The molecule has 7 nitrogen and oxygen atoms in total. The van der Waals surface area contributed by atoms with Crippen molar-refractivity contribution in [2.45, 2.75) is 37.9 Å². The van der Waals surface area contributed by atoms with Crippen LogP contribution in [0.3, 0.4) is 0 Å². The predicted octanol–water partition coefficient (Wildman–Crippen LogP) is 3.70. The van der Waals surface area contributed by atoms with Gasteiger partial charge in [0, 0.05) is 30.2 Å². The van der Waals surface area contributed by atoms with Crippen LogP contribution < -0.4 is 24.8 Å². The number of carbonyl (C=O) groups is 2. The minimum Gasteiger partial charge on any atom is -0.482 e. The first kappa shape index (κ1) is 16.9. The van der Waals surface area contributed by atoms with Gasteiger partial charge in [-0.1, -0.05) is 6.42 Å². The summed E-state index contributed by atoms with van der Waals surface area (Å²) in [4.78, 5) is 24.0. The molecule has 1 saturated carbocycles. The maximum Gasteiger partial charge on any atom is 0.262 e. The second kappa shape index (κ2) is 6.44. The van der Waals surface area contributed by atoms with Gasteiger partial charge < -0.3 is 24.8 Å². The normalized spacial score (nSPS) is 18.8. The van der Waals surface area contributed by atoms with Crippen LogP contribution in [-0.4, -0.2) is 24.2 Å². The largest absolute Gasteiger partial charge is 0.482 e. The Kier molecular flexibility index (Phi) is 3.89. The van der Waals surface area contributed by atoms with Gasteiger partial charge in [0.2, 0.25) is 0 Å². The maximum atomic E-state index is 12.6. The molecule has 1 spiro atoms. The summed E-state index contributed by atoms with van der Waals surface area (Å²) in [5.41, 5.74) is 1.64. The lowest BCUT2D eigenvalue weighted by molar-refractivity contribution is -0.118. The fraction of sp³-hybridized carbons (Fsp3) is 0.333. The van der Waals surface area contributed by atoms with Crippen LogP contribution in [0.25, 0.3) is 0 Å². The Morgan fingerprint density at radius 2 is 1.79 bits per heavy atom. The number of rotatable bonds is 2. The average molecular weight is 380 g/mol. The summed E-state index contributed by atoms with van der Waals surface area (Å²) in [7, 11) is 0. The van der Waals surface area contributed by atoms with Gasteiger partial charge in [-0.2, -0.15) is 0 Å². The molecule has 1 fully saturated rings. The van der Waals surface area contributed by atoms with E-state index in [1.807, 2.05) is 6.07 Å². The molecule has 144 valence electrons.